The highest BCUT2D eigenvalue weighted by Gasteiger charge is 2.17. The fourth-order valence-corrected chi connectivity index (χ4v) is 2.48. The fraction of sp³-hybridized carbons (Fsp3) is 0.400. The van der Waals surface area contributed by atoms with Gasteiger partial charge in [-0.3, -0.25) is 9.88 Å². The molecule has 2 aromatic rings. The van der Waals surface area contributed by atoms with Gasteiger partial charge in [-0.2, -0.15) is 0 Å². The summed E-state index contributed by atoms with van der Waals surface area (Å²) in [5, 5.41) is 0. The zero-order valence-electron chi connectivity index (χ0n) is 11.2. The van der Waals surface area contributed by atoms with Crippen molar-refractivity contribution >= 4 is 0 Å². The summed E-state index contributed by atoms with van der Waals surface area (Å²) in [4.78, 5) is 15.3. The number of fused-ring (bicyclic) bond motifs is 1. The molecule has 1 aliphatic heterocycles. The Morgan fingerprint density at radius 1 is 1.26 bits per heavy atom. The van der Waals surface area contributed by atoms with E-state index in [1.54, 1.807) is 0 Å². The lowest BCUT2D eigenvalue weighted by molar-refractivity contribution is 0.252. The largest absolute Gasteiger partial charge is 0.297 e. The molecule has 0 fully saturated rings. The van der Waals surface area contributed by atoms with Crippen LogP contribution in [-0.2, 0) is 19.4 Å². The lowest BCUT2D eigenvalue weighted by atomic mass is 10.1. The third kappa shape index (κ3) is 2.96. The highest BCUT2D eigenvalue weighted by Crippen LogP contribution is 2.16. The second-order valence-electron chi connectivity index (χ2n) is 5.02. The maximum Gasteiger partial charge on any atom is 0.125 e. The third-order valence-corrected chi connectivity index (χ3v) is 3.61. The molecule has 0 spiro atoms. The molecule has 3 heterocycles. The summed E-state index contributed by atoms with van der Waals surface area (Å²) in [7, 11) is 0. The van der Waals surface area contributed by atoms with Crippen LogP contribution >= 0.6 is 0 Å². The van der Waals surface area contributed by atoms with Gasteiger partial charge in [-0.15, -0.1) is 0 Å². The van der Waals surface area contributed by atoms with Crippen molar-refractivity contribution in [2.24, 2.45) is 0 Å². The van der Waals surface area contributed by atoms with Crippen LogP contribution in [0.4, 0.5) is 0 Å². The van der Waals surface area contributed by atoms with Crippen molar-refractivity contribution in [2.75, 3.05) is 13.1 Å². The molecule has 0 aliphatic carbocycles. The van der Waals surface area contributed by atoms with Crippen LogP contribution in [0.5, 0.6) is 0 Å². The number of rotatable bonds is 3. The average Bonchev–Trinajstić information content (AvgIpc) is 2.46. The van der Waals surface area contributed by atoms with E-state index in [0.29, 0.717) is 0 Å². The van der Waals surface area contributed by atoms with E-state index in [1.165, 1.54) is 16.8 Å². The van der Waals surface area contributed by atoms with Gasteiger partial charge in [0, 0.05) is 38.2 Å². The molecule has 2 aromatic heterocycles. The van der Waals surface area contributed by atoms with Gasteiger partial charge in [0.25, 0.3) is 0 Å². The number of hydrogen-bond acceptors (Lipinski definition) is 4. The first-order valence-electron chi connectivity index (χ1n) is 6.74. The van der Waals surface area contributed by atoms with Crippen LogP contribution in [0.2, 0.25) is 0 Å². The molecule has 0 atom stereocenters. The molecule has 0 radical (unpaired) electrons. The van der Waals surface area contributed by atoms with Gasteiger partial charge in [0.1, 0.15) is 5.82 Å². The number of pyridine rings is 1. The molecule has 0 unspecified atom stereocenters. The van der Waals surface area contributed by atoms with E-state index in [0.717, 1.165) is 38.3 Å². The van der Waals surface area contributed by atoms with Gasteiger partial charge in [-0.1, -0.05) is 0 Å². The van der Waals surface area contributed by atoms with E-state index < -0.39 is 0 Å². The minimum atomic E-state index is 0.870. The average molecular weight is 254 g/mol. The monoisotopic (exact) mass is 254 g/mol. The first kappa shape index (κ1) is 12.2. The Morgan fingerprint density at radius 2 is 2.11 bits per heavy atom. The van der Waals surface area contributed by atoms with Gasteiger partial charge >= 0.3 is 0 Å². The molecule has 0 N–H and O–H groups in total. The summed E-state index contributed by atoms with van der Waals surface area (Å²) in [5.74, 6) is 0.870. The Kier molecular flexibility index (Phi) is 3.51. The molecule has 4 nitrogen and oxygen atoms in total. The van der Waals surface area contributed by atoms with Gasteiger partial charge < -0.3 is 0 Å². The second kappa shape index (κ2) is 5.45. The van der Waals surface area contributed by atoms with Gasteiger partial charge in [-0.25, -0.2) is 9.97 Å². The standard InChI is InChI=1S/C15H18N4/c1-12-17-10-14-5-9-19(11-15(14)18-12)8-4-13-2-6-16-7-3-13/h2-3,6-7,10H,4-5,8-9,11H2,1H3. The van der Waals surface area contributed by atoms with E-state index in [1.807, 2.05) is 25.5 Å². The van der Waals surface area contributed by atoms with Crippen molar-refractivity contribution in [3.63, 3.8) is 0 Å². The third-order valence-electron chi connectivity index (χ3n) is 3.61. The molecule has 98 valence electrons. The first-order chi connectivity index (χ1) is 9.31. The number of aromatic nitrogens is 3. The van der Waals surface area contributed by atoms with E-state index >= 15 is 0 Å². The van der Waals surface area contributed by atoms with Crippen molar-refractivity contribution < 1.29 is 0 Å². The molecular weight excluding hydrogens is 236 g/mol. The lowest BCUT2D eigenvalue weighted by Crippen LogP contribution is -2.33. The molecule has 4 heteroatoms. The molecule has 3 rings (SSSR count). The van der Waals surface area contributed by atoms with Gasteiger partial charge in [-0.05, 0) is 43.0 Å². The Balaban J connectivity index is 1.62. The molecule has 19 heavy (non-hydrogen) atoms. The van der Waals surface area contributed by atoms with Crippen LogP contribution in [0.25, 0.3) is 0 Å². The summed E-state index contributed by atoms with van der Waals surface area (Å²) in [6, 6.07) is 4.18. The smallest absolute Gasteiger partial charge is 0.125 e. The molecule has 1 aliphatic rings. The van der Waals surface area contributed by atoms with Crippen molar-refractivity contribution in [2.45, 2.75) is 26.3 Å². The summed E-state index contributed by atoms with van der Waals surface area (Å²) >= 11 is 0. The van der Waals surface area contributed by atoms with Crippen LogP contribution in [0.3, 0.4) is 0 Å². The summed E-state index contributed by atoms with van der Waals surface area (Å²) in [6.07, 6.45) is 7.83. The maximum atomic E-state index is 4.56. The Labute approximate surface area is 113 Å². The quantitative estimate of drug-likeness (QED) is 0.837. The molecular formula is C15H18N4. The second-order valence-corrected chi connectivity index (χ2v) is 5.02. The van der Waals surface area contributed by atoms with E-state index in [9.17, 15) is 0 Å². The van der Waals surface area contributed by atoms with Crippen LogP contribution < -0.4 is 0 Å². The Hall–Kier alpha value is -1.81. The Bertz CT molecular complexity index is 553. The summed E-state index contributed by atoms with van der Waals surface area (Å²) in [6.45, 7) is 5.08. The van der Waals surface area contributed by atoms with Crippen LogP contribution in [0.1, 0.15) is 22.6 Å². The number of hydrogen-bond donors (Lipinski definition) is 0. The molecule has 0 bridgehead atoms. The van der Waals surface area contributed by atoms with Crippen molar-refractivity contribution in [3.8, 4) is 0 Å². The zero-order valence-corrected chi connectivity index (χ0v) is 11.2. The number of nitrogens with zero attached hydrogens (tertiary/aromatic N) is 4. The van der Waals surface area contributed by atoms with Crippen molar-refractivity contribution in [3.05, 3.63) is 53.4 Å². The predicted molar refractivity (Wildman–Crippen MR) is 73.7 cm³/mol. The normalized spacial score (nSPS) is 15.2. The lowest BCUT2D eigenvalue weighted by Gasteiger charge is -2.27. The highest BCUT2D eigenvalue weighted by molar-refractivity contribution is 5.20. The van der Waals surface area contributed by atoms with Crippen LogP contribution in [0, 0.1) is 6.92 Å². The van der Waals surface area contributed by atoms with Crippen molar-refractivity contribution in [1.29, 1.82) is 0 Å². The fourth-order valence-electron chi connectivity index (χ4n) is 2.48. The minimum absolute atomic E-state index is 0.870. The van der Waals surface area contributed by atoms with Gasteiger partial charge in [0.2, 0.25) is 0 Å². The molecule has 0 saturated carbocycles. The van der Waals surface area contributed by atoms with Gasteiger partial charge in [0.15, 0.2) is 0 Å². The van der Waals surface area contributed by atoms with E-state index in [4.69, 9.17) is 0 Å². The molecule has 0 saturated heterocycles. The Morgan fingerprint density at radius 3 is 2.95 bits per heavy atom. The molecule has 0 aromatic carbocycles. The minimum Gasteiger partial charge on any atom is -0.297 e. The first-order valence-corrected chi connectivity index (χ1v) is 6.74. The van der Waals surface area contributed by atoms with E-state index in [-0.39, 0.29) is 0 Å². The zero-order chi connectivity index (χ0) is 13.1. The predicted octanol–water partition coefficient (Wildman–Crippen LogP) is 1.78. The highest BCUT2D eigenvalue weighted by atomic mass is 15.1. The maximum absolute atomic E-state index is 4.56. The van der Waals surface area contributed by atoms with Crippen LogP contribution in [0.15, 0.2) is 30.7 Å². The van der Waals surface area contributed by atoms with Crippen molar-refractivity contribution in [1.82, 2.24) is 19.9 Å². The molecule has 0 amide bonds. The topological polar surface area (TPSA) is 41.9 Å². The van der Waals surface area contributed by atoms with E-state index in [2.05, 4.69) is 32.0 Å². The van der Waals surface area contributed by atoms with Crippen LogP contribution in [-0.4, -0.2) is 32.9 Å². The van der Waals surface area contributed by atoms with Gasteiger partial charge in [0.05, 0.1) is 5.69 Å². The summed E-state index contributed by atoms with van der Waals surface area (Å²) in [5.41, 5.74) is 3.86. The summed E-state index contributed by atoms with van der Waals surface area (Å²) < 4.78 is 0. The number of aryl methyl sites for hydroxylation is 1. The SMILES string of the molecule is Cc1ncc2c(n1)CN(CCc1ccncc1)CC2.